The lowest BCUT2D eigenvalue weighted by Crippen LogP contribution is -2.29. The Balaban J connectivity index is 0.000000360. The van der Waals surface area contributed by atoms with Crippen molar-refractivity contribution in [2.45, 2.75) is 92.5 Å². The second-order valence-electron chi connectivity index (χ2n) is 9.34. The van der Waals surface area contributed by atoms with Crippen molar-refractivity contribution < 1.29 is 24.2 Å². The van der Waals surface area contributed by atoms with Gasteiger partial charge in [0.15, 0.2) is 0 Å². The van der Waals surface area contributed by atoms with Crippen LogP contribution in [0.5, 0.6) is 0 Å². The average molecular weight is 499 g/mol. The number of aliphatic hydroxyl groups excluding tert-OH is 1. The van der Waals surface area contributed by atoms with Crippen molar-refractivity contribution in [2.24, 2.45) is 17.8 Å². The zero-order valence-electron chi connectivity index (χ0n) is 22.8. The molecular weight excluding hydrogens is 452 g/mol. The zero-order chi connectivity index (χ0) is 26.8. The van der Waals surface area contributed by atoms with Crippen molar-refractivity contribution in [3.05, 3.63) is 71.8 Å². The Morgan fingerprint density at radius 2 is 1.11 bits per heavy atom. The van der Waals surface area contributed by atoms with E-state index in [1.165, 1.54) is 0 Å². The van der Waals surface area contributed by atoms with Gasteiger partial charge in [0.05, 0.1) is 17.9 Å². The van der Waals surface area contributed by atoms with E-state index in [1.807, 2.05) is 74.5 Å². The normalized spacial score (nSPS) is 13.9. The summed E-state index contributed by atoms with van der Waals surface area (Å²) in [5.74, 6) is -0.300. The molecule has 0 aliphatic carbocycles. The van der Waals surface area contributed by atoms with Crippen LogP contribution in [0, 0.1) is 17.8 Å². The third kappa shape index (κ3) is 11.9. The second-order valence-corrected chi connectivity index (χ2v) is 9.34. The summed E-state index contributed by atoms with van der Waals surface area (Å²) >= 11 is 0. The first-order chi connectivity index (χ1) is 17.4. The van der Waals surface area contributed by atoms with Crippen LogP contribution < -0.4 is 0 Å². The predicted octanol–water partition coefficient (Wildman–Crippen LogP) is 7.11. The molecule has 2 aromatic rings. The molecule has 4 atom stereocenters. The van der Waals surface area contributed by atoms with E-state index in [-0.39, 0.29) is 24.5 Å². The minimum absolute atomic E-state index is 0.0451. The molecule has 0 aliphatic rings. The lowest BCUT2D eigenvalue weighted by atomic mass is 9.88. The van der Waals surface area contributed by atoms with Gasteiger partial charge in [0.2, 0.25) is 0 Å². The van der Waals surface area contributed by atoms with Gasteiger partial charge in [-0.1, -0.05) is 115 Å². The summed E-state index contributed by atoms with van der Waals surface area (Å²) in [5, 5.41) is 9.82. The lowest BCUT2D eigenvalue weighted by Gasteiger charge is -2.20. The molecule has 2 aromatic carbocycles. The highest BCUT2D eigenvalue weighted by atomic mass is 16.5. The first kappa shape index (κ1) is 31.4. The Bertz CT molecular complexity index is 765. The molecule has 0 saturated carbocycles. The molecule has 200 valence electrons. The standard InChI is InChI=1S/C16H24O2.C15H22O3/c1-4-9-15(13(3)5-2)16(17)18-12-14-10-7-6-8-11-14;1-3-8-13(14(16)4-2)15(17)18-11-12-9-6-5-7-10-12/h6-8,10-11,13,15H,4-5,9,12H2,1-3H3;5-7,9-10,13-14,16H,3-4,8,11H2,1-2H3. The molecule has 36 heavy (non-hydrogen) atoms. The van der Waals surface area contributed by atoms with Gasteiger partial charge in [0.25, 0.3) is 0 Å². The number of esters is 2. The fraction of sp³-hybridized carbons (Fsp3) is 0.548. The van der Waals surface area contributed by atoms with Gasteiger partial charge in [-0.15, -0.1) is 0 Å². The van der Waals surface area contributed by atoms with Gasteiger partial charge in [-0.05, 0) is 36.3 Å². The molecule has 1 N–H and O–H groups in total. The summed E-state index contributed by atoms with van der Waals surface area (Å²) in [6.07, 6.45) is 4.47. The summed E-state index contributed by atoms with van der Waals surface area (Å²) in [6, 6.07) is 19.4. The second kappa shape index (κ2) is 18.6. The molecular formula is C31H46O5. The SMILES string of the molecule is CCCC(C(=O)OCc1ccccc1)C(C)CC.CCCC(C(=O)OCc1ccccc1)C(O)CC. The smallest absolute Gasteiger partial charge is 0.311 e. The molecule has 0 fully saturated rings. The quantitative estimate of drug-likeness (QED) is 0.281. The minimum atomic E-state index is -0.603. The molecule has 5 nitrogen and oxygen atoms in total. The van der Waals surface area contributed by atoms with E-state index >= 15 is 0 Å². The largest absolute Gasteiger partial charge is 0.461 e. The van der Waals surface area contributed by atoms with Gasteiger partial charge < -0.3 is 14.6 Å². The van der Waals surface area contributed by atoms with Crippen LogP contribution >= 0.6 is 0 Å². The van der Waals surface area contributed by atoms with Gasteiger partial charge in [-0.2, -0.15) is 0 Å². The van der Waals surface area contributed by atoms with E-state index in [1.54, 1.807) is 0 Å². The van der Waals surface area contributed by atoms with Crippen LogP contribution in [0.4, 0.5) is 0 Å². The van der Waals surface area contributed by atoms with Crippen molar-refractivity contribution in [1.29, 1.82) is 0 Å². The van der Waals surface area contributed by atoms with Crippen molar-refractivity contribution in [2.75, 3.05) is 0 Å². The highest BCUT2D eigenvalue weighted by Crippen LogP contribution is 2.22. The third-order valence-corrected chi connectivity index (χ3v) is 6.47. The number of carbonyl (C=O) groups excluding carboxylic acids is 2. The maximum Gasteiger partial charge on any atom is 0.311 e. The van der Waals surface area contributed by atoms with Gasteiger partial charge in [-0.25, -0.2) is 0 Å². The average Bonchev–Trinajstić information content (AvgIpc) is 2.92. The highest BCUT2D eigenvalue weighted by Gasteiger charge is 2.26. The summed E-state index contributed by atoms with van der Waals surface area (Å²) in [6.45, 7) is 10.9. The molecule has 5 heteroatoms. The molecule has 0 heterocycles. The van der Waals surface area contributed by atoms with Crippen molar-refractivity contribution in [3.63, 3.8) is 0 Å². The number of ether oxygens (including phenoxy) is 2. The molecule has 0 amide bonds. The van der Waals surface area contributed by atoms with E-state index in [9.17, 15) is 14.7 Å². The van der Waals surface area contributed by atoms with Crippen LogP contribution in [0.1, 0.15) is 84.3 Å². The number of hydrogen-bond donors (Lipinski definition) is 1. The molecule has 0 aliphatic heterocycles. The van der Waals surface area contributed by atoms with E-state index in [0.717, 1.165) is 36.8 Å². The Kier molecular flexibility index (Phi) is 16.2. The van der Waals surface area contributed by atoms with E-state index < -0.39 is 12.0 Å². The molecule has 0 radical (unpaired) electrons. The topological polar surface area (TPSA) is 72.8 Å². The van der Waals surface area contributed by atoms with Gasteiger partial charge in [-0.3, -0.25) is 9.59 Å². The van der Waals surface area contributed by atoms with E-state index in [2.05, 4.69) is 20.8 Å². The number of rotatable bonds is 14. The Labute approximate surface area is 218 Å². The summed E-state index contributed by atoms with van der Waals surface area (Å²) < 4.78 is 10.7. The monoisotopic (exact) mass is 498 g/mol. The van der Waals surface area contributed by atoms with Crippen LogP contribution in [0.15, 0.2) is 60.7 Å². The van der Waals surface area contributed by atoms with Gasteiger partial charge in [0, 0.05) is 0 Å². The fourth-order valence-electron chi connectivity index (χ4n) is 3.96. The Morgan fingerprint density at radius 1 is 0.694 bits per heavy atom. The summed E-state index contributed by atoms with van der Waals surface area (Å²) in [7, 11) is 0. The Morgan fingerprint density at radius 3 is 1.50 bits per heavy atom. The van der Waals surface area contributed by atoms with Crippen LogP contribution in [0.2, 0.25) is 0 Å². The molecule has 0 saturated heterocycles. The van der Waals surface area contributed by atoms with Crippen LogP contribution in [-0.2, 0) is 32.3 Å². The highest BCUT2D eigenvalue weighted by molar-refractivity contribution is 5.73. The number of carbonyl (C=O) groups is 2. The molecule has 0 spiro atoms. The van der Waals surface area contributed by atoms with Gasteiger partial charge in [0.1, 0.15) is 13.2 Å². The first-order valence-corrected chi connectivity index (χ1v) is 13.5. The lowest BCUT2D eigenvalue weighted by molar-refractivity contribution is -0.154. The zero-order valence-corrected chi connectivity index (χ0v) is 22.8. The number of benzene rings is 2. The fourth-order valence-corrected chi connectivity index (χ4v) is 3.96. The third-order valence-electron chi connectivity index (χ3n) is 6.47. The van der Waals surface area contributed by atoms with Crippen molar-refractivity contribution in [1.82, 2.24) is 0 Å². The van der Waals surface area contributed by atoms with Crippen molar-refractivity contribution in [3.8, 4) is 0 Å². The van der Waals surface area contributed by atoms with E-state index in [0.29, 0.717) is 25.4 Å². The maximum absolute atomic E-state index is 12.1. The first-order valence-electron chi connectivity index (χ1n) is 13.5. The maximum atomic E-state index is 12.1. The molecule has 0 aromatic heterocycles. The van der Waals surface area contributed by atoms with Crippen molar-refractivity contribution >= 4 is 11.9 Å². The molecule has 0 bridgehead atoms. The van der Waals surface area contributed by atoms with Crippen LogP contribution in [0.3, 0.4) is 0 Å². The Hall–Kier alpha value is -2.66. The van der Waals surface area contributed by atoms with Crippen LogP contribution in [-0.4, -0.2) is 23.1 Å². The summed E-state index contributed by atoms with van der Waals surface area (Å²) in [5.41, 5.74) is 2.01. The van der Waals surface area contributed by atoms with Gasteiger partial charge >= 0.3 is 11.9 Å². The molecule has 2 rings (SSSR count). The predicted molar refractivity (Wildman–Crippen MR) is 145 cm³/mol. The summed E-state index contributed by atoms with van der Waals surface area (Å²) in [4.78, 5) is 24.0. The number of aliphatic hydroxyl groups is 1. The molecule has 4 unspecified atom stereocenters. The minimum Gasteiger partial charge on any atom is -0.461 e. The van der Waals surface area contributed by atoms with Crippen LogP contribution in [0.25, 0.3) is 0 Å². The number of hydrogen-bond acceptors (Lipinski definition) is 5. The van der Waals surface area contributed by atoms with E-state index in [4.69, 9.17) is 9.47 Å².